The van der Waals surface area contributed by atoms with E-state index in [1.807, 2.05) is 63.2 Å². The summed E-state index contributed by atoms with van der Waals surface area (Å²) >= 11 is 0. The van der Waals surface area contributed by atoms with Crippen molar-refractivity contribution in [2.75, 3.05) is 53.9 Å². The molecule has 0 amide bonds. The second-order valence-electron chi connectivity index (χ2n) is 5.59. The molecular weight excluding hydrogens is 350 g/mol. The van der Waals surface area contributed by atoms with E-state index >= 15 is 0 Å². The van der Waals surface area contributed by atoms with Crippen LogP contribution in [0.25, 0.3) is 0 Å². The molecule has 0 heterocycles. The topological polar surface area (TPSA) is 35.9 Å². The lowest BCUT2D eigenvalue weighted by atomic mass is 10.2. The maximum absolute atomic E-state index is 12.1. The summed E-state index contributed by atoms with van der Waals surface area (Å²) in [7, 11) is 7.81. The highest BCUT2D eigenvalue weighted by Gasteiger charge is 2.02. The first-order valence-electron chi connectivity index (χ1n) is 6.68. The predicted octanol–water partition coefficient (Wildman–Crippen LogP) is 2.60. The van der Waals surface area contributed by atoms with Crippen LogP contribution in [0, 0.1) is 0 Å². The molecule has 1 atom stereocenters. The predicted molar refractivity (Wildman–Crippen MR) is 100.0 cm³/mol. The van der Waals surface area contributed by atoms with Gasteiger partial charge in [-0.25, -0.2) is 8.57 Å². The minimum Gasteiger partial charge on any atom is -0.312 e. The van der Waals surface area contributed by atoms with E-state index in [0.29, 0.717) is 12.4 Å². The van der Waals surface area contributed by atoms with Crippen LogP contribution in [0.15, 0.2) is 34.7 Å². The van der Waals surface area contributed by atoms with Crippen molar-refractivity contribution < 1.29 is 4.21 Å². The zero-order valence-corrected chi connectivity index (χ0v) is 16.6. The monoisotopic (exact) mass is 379 g/mol. The SMILES string of the molecule is Br.CN(C)C.CN(C)CN=S(C)(=O)CCc1ccccc1. The summed E-state index contributed by atoms with van der Waals surface area (Å²) in [6, 6.07) is 10.1. The summed E-state index contributed by atoms with van der Waals surface area (Å²) in [6.07, 6.45) is 2.56. The molecule has 0 N–H and O–H groups in total. The number of benzene rings is 1. The van der Waals surface area contributed by atoms with Gasteiger partial charge in [-0.2, -0.15) is 0 Å². The Morgan fingerprint density at radius 1 is 1.05 bits per heavy atom. The molecule has 0 spiro atoms. The molecule has 1 aromatic carbocycles. The Bertz CT molecular complexity index is 466. The van der Waals surface area contributed by atoms with Gasteiger partial charge in [0, 0.05) is 21.7 Å². The summed E-state index contributed by atoms with van der Waals surface area (Å²) in [4.78, 5) is 3.92. The Hall–Kier alpha value is -0.430. The minimum atomic E-state index is -2.04. The molecule has 0 saturated carbocycles. The average Bonchev–Trinajstić information content (AvgIpc) is 2.35. The quantitative estimate of drug-likeness (QED) is 0.788. The molecule has 0 aliphatic heterocycles. The Morgan fingerprint density at radius 3 is 1.95 bits per heavy atom. The first-order chi connectivity index (χ1) is 9.23. The smallest absolute Gasteiger partial charge is 0.1000 e. The molecule has 0 aliphatic rings. The number of rotatable bonds is 5. The number of hydrogen-bond acceptors (Lipinski definition) is 4. The lowest BCUT2D eigenvalue weighted by molar-refractivity contribution is 0.425. The first-order valence-corrected chi connectivity index (χ1v) is 8.77. The van der Waals surface area contributed by atoms with Crippen LogP contribution in [-0.4, -0.2) is 67.9 Å². The van der Waals surface area contributed by atoms with E-state index < -0.39 is 9.73 Å². The summed E-state index contributed by atoms with van der Waals surface area (Å²) < 4.78 is 16.3. The van der Waals surface area contributed by atoms with Crippen LogP contribution in [0.5, 0.6) is 0 Å². The normalized spacial score (nSPS) is 13.0. The lowest BCUT2D eigenvalue weighted by Crippen LogP contribution is -2.15. The van der Waals surface area contributed by atoms with Crippen molar-refractivity contribution in [3.63, 3.8) is 0 Å². The standard InChI is InChI=1S/C12H20N2OS.C3H9N.BrH/c1-14(2)11-13-16(3,15)10-9-12-7-5-4-6-8-12;1-4(2)3;/h4-8H,9-11H2,1-3H3;1-3H3;1H. The zero-order chi connectivity index (χ0) is 15.6. The molecular formula is C15H30BrN3OS. The second kappa shape index (κ2) is 12.1. The summed E-state index contributed by atoms with van der Waals surface area (Å²) in [6.45, 7) is 0.532. The number of aryl methyl sites for hydroxylation is 1. The van der Waals surface area contributed by atoms with E-state index in [2.05, 4.69) is 16.5 Å². The van der Waals surface area contributed by atoms with E-state index in [1.54, 1.807) is 6.26 Å². The highest BCUT2D eigenvalue weighted by molar-refractivity contribution is 8.93. The Labute approximate surface area is 141 Å². The van der Waals surface area contributed by atoms with Crippen LogP contribution in [0.4, 0.5) is 0 Å². The molecule has 0 radical (unpaired) electrons. The van der Waals surface area contributed by atoms with Gasteiger partial charge in [-0.05, 0) is 47.2 Å². The molecule has 0 saturated heterocycles. The molecule has 6 heteroatoms. The fourth-order valence-corrected chi connectivity index (χ4v) is 2.47. The molecule has 0 aromatic heterocycles. The van der Waals surface area contributed by atoms with Crippen molar-refractivity contribution in [1.82, 2.24) is 9.80 Å². The van der Waals surface area contributed by atoms with Crippen LogP contribution < -0.4 is 0 Å². The van der Waals surface area contributed by atoms with Crippen LogP contribution in [0.3, 0.4) is 0 Å². The third kappa shape index (κ3) is 15.8. The fraction of sp³-hybridized carbons (Fsp3) is 0.600. The molecule has 0 aliphatic carbocycles. The Balaban J connectivity index is 0. The largest absolute Gasteiger partial charge is 0.312 e. The number of nitrogens with zero attached hydrogens (tertiary/aromatic N) is 3. The fourth-order valence-electron chi connectivity index (χ4n) is 1.25. The summed E-state index contributed by atoms with van der Waals surface area (Å²) in [5.74, 6) is 0.630. The lowest BCUT2D eigenvalue weighted by Gasteiger charge is -2.08. The second-order valence-corrected chi connectivity index (χ2v) is 8.18. The summed E-state index contributed by atoms with van der Waals surface area (Å²) in [5.41, 5.74) is 1.22. The molecule has 0 fully saturated rings. The number of hydrogen-bond donors (Lipinski definition) is 0. The molecule has 1 unspecified atom stereocenters. The van der Waals surface area contributed by atoms with Crippen molar-refractivity contribution in [3.05, 3.63) is 35.9 Å². The Kier molecular flexibility index (Phi) is 13.2. The van der Waals surface area contributed by atoms with E-state index in [4.69, 9.17) is 0 Å². The molecule has 0 bridgehead atoms. The zero-order valence-electron chi connectivity index (χ0n) is 14.1. The highest BCUT2D eigenvalue weighted by Crippen LogP contribution is 2.03. The van der Waals surface area contributed by atoms with Crippen LogP contribution in [0.1, 0.15) is 5.56 Å². The average molecular weight is 380 g/mol. The van der Waals surface area contributed by atoms with E-state index in [-0.39, 0.29) is 17.0 Å². The minimum absolute atomic E-state index is 0. The van der Waals surface area contributed by atoms with E-state index in [9.17, 15) is 4.21 Å². The van der Waals surface area contributed by atoms with Crippen LogP contribution in [-0.2, 0) is 16.1 Å². The van der Waals surface area contributed by atoms with Crippen molar-refractivity contribution >= 4 is 26.7 Å². The van der Waals surface area contributed by atoms with Gasteiger partial charge in [0.2, 0.25) is 0 Å². The van der Waals surface area contributed by atoms with Gasteiger partial charge in [0.15, 0.2) is 0 Å². The van der Waals surface area contributed by atoms with Crippen molar-refractivity contribution in [3.8, 4) is 0 Å². The van der Waals surface area contributed by atoms with Crippen molar-refractivity contribution in [2.24, 2.45) is 4.36 Å². The van der Waals surface area contributed by atoms with Gasteiger partial charge in [0.25, 0.3) is 0 Å². The van der Waals surface area contributed by atoms with Gasteiger partial charge in [-0.15, -0.1) is 17.0 Å². The first kappa shape index (κ1) is 22.8. The maximum Gasteiger partial charge on any atom is 0.1000 e. The molecule has 1 aromatic rings. The summed E-state index contributed by atoms with van der Waals surface area (Å²) in [5, 5.41) is 0. The van der Waals surface area contributed by atoms with Crippen molar-refractivity contribution in [2.45, 2.75) is 6.42 Å². The van der Waals surface area contributed by atoms with E-state index in [0.717, 1.165) is 6.42 Å². The third-order valence-corrected chi connectivity index (χ3v) is 3.85. The van der Waals surface area contributed by atoms with Gasteiger partial charge >= 0.3 is 0 Å². The van der Waals surface area contributed by atoms with Gasteiger partial charge in [0.1, 0.15) is 0 Å². The Morgan fingerprint density at radius 2 is 1.52 bits per heavy atom. The van der Waals surface area contributed by atoms with Gasteiger partial charge < -0.3 is 4.90 Å². The number of halogens is 1. The van der Waals surface area contributed by atoms with Crippen LogP contribution in [0.2, 0.25) is 0 Å². The van der Waals surface area contributed by atoms with E-state index in [1.165, 1.54) is 5.56 Å². The van der Waals surface area contributed by atoms with Gasteiger partial charge in [0.05, 0.1) is 6.67 Å². The van der Waals surface area contributed by atoms with Crippen molar-refractivity contribution in [1.29, 1.82) is 0 Å². The van der Waals surface area contributed by atoms with Crippen LogP contribution >= 0.6 is 17.0 Å². The molecule has 124 valence electrons. The highest BCUT2D eigenvalue weighted by atomic mass is 79.9. The third-order valence-electron chi connectivity index (χ3n) is 2.23. The molecule has 4 nitrogen and oxygen atoms in total. The maximum atomic E-state index is 12.1. The molecule has 1 rings (SSSR count). The van der Waals surface area contributed by atoms with Gasteiger partial charge in [-0.3, -0.25) is 4.90 Å². The van der Waals surface area contributed by atoms with Gasteiger partial charge in [-0.1, -0.05) is 30.3 Å². The molecule has 21 heavy (non-hydrogen) atoms.